The largest absolute Gasteiger partial charge is 0.334 e. The lowest BCUT2D eigenvalue weighted by Crippen LogP contribution is -2.47. The van der Waals surface area contributed by atoms with Crippen LogP contribution >= 0.6 is 12.4 Å². The van der Waals surface area contributed by atoms with Crippen LogP contribution in [0.3, 0.4) is 0 Å². The second-order valence-corrected chi connectivity index (χ2v) is 7.94. The van der Waals surface area contributed by atoms with E-state index < -0.39 is 10.0 Å². The van der Waals surface area contributed by atoms with Crippen molar-refractivity contribution >= 4 is 28.3 Å². The van der Waals surface area contributed by atoms with Gasteiger partial charge in [0.2, 0.25) is 10.0 Å². The number of halogens is 1. The monoisotopic (exact) mass is 389 g/mol. The van der Waals surface area contributed by atoms with Crippen molar-refractivity contribution in [2.45, 2.75) is 44.0 Å². The molecule has 1 heterocycles. The van der Waals surface area contributed by atoms with Crippen LogP contribution in [0.25, 0.3) is 0 Å². The Morgan fingerprint density at radius 1 is 1.20 bits per heavy atom. The predicted octanol–water partition coefficient (Wildman–Crippen LogP) is 2.09. The maximum atomic E-state index is 12.7. The third kappa shape index (κ3) is 4.73. The molecule has 0 radical (unpaired) electrons. The maximum absolute atomic E-state index is 12.7. The molecule has 1 unspecified atom stereocenters. The highest BCUT2D eigenvalue weighted by Crippen LogP contribution is 2.21. The fourth-order valence-corrected chi connectivity index (χ4v) is 4.62. The second-order valence-electron chi connectivity index (χ2n) is 6.00. The Hall–Kier alpha value is -1.15. The summed E-state index contributed by atoms with van der Waals surface area (Å²) in [4.78, 5) is 14.7. The van der Waals surface area contributed by atoms with Crippen molar-refractivity contribution < 1.29 is 13.2 Å². The summed E-state index contributed by atoms with van der Waals surface area (Å²) in [7, 11) is -3.50. The molecule has 2 rings (SSSR count). The SMILES string of the molecule is CCN(CC)S(=O)(=O)c1ccc(C(=O)N2CCCCC2CN)cc1.Cl. The Labute approximate surface area is 156 Å². The molecule has 1 saturated heterocycles. The first-order valence-corrected chi connectivity index (χ1v) is 10.0. The average Bonchev–Trinajstić information content (AvgIpc) is 2.62. The summed E-state index contributed by atoms with van der Waals surface area (Å²) in [5.74, 6) is -0.0723. The molecule has 1 amide bonds. The van der Waals surface area contributed by atoms with Gasteiger partial charge in [-0.25, -0.2) is 8.42 Å². The highest BCUT2D eigenvalue weighted by Gasteiger charge is 2.27. The Morgan fingerprint density at radius 2 is 1.80 bits per heavy atom. The molecular weight excluding hydrogens is 362 g/mol. The first-order valence-electron chi connectivity index (χ1n) is 8.56. The quantitative estimate of drug-likeness (QED) is 0.807. The lowest BCUT2D eigenvalue weighted by atomic mass is 10.0. The van der Waals surface area contributed by atoms with E-state index in [4.69, 9.17) is 5.73 Å². The van der Waals surface area contributed by atoms with Crippen LogP contribution in [-0.4, -0.2) is 55.8 Å². The fraction of sp³-hybridized carbons (Fsp3) is 0.588. The molecule has 25 heavy (non-hydrogen) atoms. The molecule has 0 spiro atoms. The number of benzene rings is 1. The molecule has 0 bridgehead atoms. The highest BCUT2D eigenvalue weighted by atomic mass is 35.5. The summed E-state index contributed by atoms with van der Waals surface area (Å²) < 4.78 is 26.4. The summed E-state index contributed by atoms with van der Waals surface area (Å²) in [6.45, 7) is 5.63. The van der Waals surface area contributed by atoms with Crippen LogP contribution in [0.2, 0.25) is 0 Å². The zero-order valence-electron chi connectivity index (χ0n) is 14.8. The summed E-state index contributed by atoms with van der Waals surface area (Å²) in [6.07, 6.45) is 3.00. The molecule has 0 aliphatic carbocycles. The van der Waals surface area contributed by atoms with E-state index >= 15 is 0 Å². The first kappa shape index (κ1) is 21.9. The van der Waals surface area contributed by atoms with Gasteiger partial charge in [-0.1, -0.05) is 13.8 Å². The number of piperidine rings is 1. The minimum absolute atomic E-state index is 0. The number of sulfonamides is 1. The molecule has 1 atom stereocenters. The number of nitrogens with zero attached hydrogens (tertiary/aromatic N) is 2. The van der Waals surface area contributed by atoms with Crippen LogP contribution < -0.4 is 5.73 Å². The summed E-state index contributed by atoms with van der Waals surface area (Å²) in [5, 5.41) is 0. The number of likely N-dealkylation sites (tertiary alicyclic amines) is 1. The summed E-state index contributed by atoms with van der Waals surface area (Å²) in [5.41, 5.74) is 6.28. The van der Waals surface area contributed by atoms with Gasteiger partial charge in [-0.3, -0.25) is 4.79 Å². The van der Waals surface area contributed by atoms with E-state index in [1.165, 1.54) is 16.4 Å². The summed E-state index contributed by atoms with van der Waals surface area (Å²) in [6, 6.07) is 6.30. The molecule has 1 aliphatic rings. The molecule has 1 aromatic carbocycles. The van der Waals surface area contributed by atoms with Crippen molar-refractivity contribution in [1.29, 1.82) is 0 Å². The molecule has 1 fully saturated rings. The van der Waals surface area contributed by atoms with Crippen LogP contribution in [0.15, 0.2) is 29.2 Å². The van der Waals surface area contributed by atoms with Gasteiger partial charge in [-0.2, -0.15) is 4.31 Å². The van der Waals surface area contributed by atoms with Gasteiger partial charge in [0.05, 0.1) is 4.90 Å². The zero-order chi connectivity index (χ0) is 17.7. The topological polar surface area (TPSA) is 83.7 Å². The van der Waals surface area contributed by atoms with E-state index in [2.05, 4.69) is 0 Å². The van der Waals surface area contributed by atoms with E-state index in [0.29, 0.717) is 31.7 Å². The molecule has 0 aromatic heterocycles. The standard InChI is InChI=1S/C17H27N3O3S.ClH/c1-3-19(4-2)24(22,23)16-10-8-14(9-11-16)17(21)20-12-6-5-7-15(20)13-18;/h8-11,15H,3-7,12-13,18H2,1-2H3;1H. The van der Waals surface area contributed by atoms with Gasteiger partial charge >= 0.3 is 0 Å². The number of nitrogens with two attached hydrogens (primary N) is 1. The van der Waals surface area contributed by atoms with Crippen molar-refractivity contribution in [3.05, 3.63) is 29.8 Å². The number of carbonyl (C=O) groups is 1. The van der Waals surface area contributed by atoms with Gasteiger partial charge in [0.1, 0.15) is 0 Å². The van der Waals surface area contributed by atoms with Crippen LogP contribution in [0.4, 0.5) is 0 Å². The first-order chi connectivity index (χ1) is 11.5. The second kappa shape index (κ2) is 9.52. The average molecular weight is 390 g/mol. The lowest BCUT2D eigenvalue weighted by molar-refractivity contribution is 0.0623. The van der Waals surface area contributed by atoms with Crippen LogP contribution in [0.5, 0.6) is 0 Å². The smallest absolute Gasteiger partial charge is 0.254 e. The van der Waals surface area contributed by atoms with Crippen LogP contribution in [0.1, 0.15) is 43.5 Å². The molecule has 1 aliphatic heterocycles. The van der Waals surface area contributed by atoms with Crippen LogP contribution in [0, 0.1) is 0 Å². The van der Waals surface area contributed by atoms with Crippen LogP contribution in [-0.2, 0) is 10.0 Å². The third-order valence-electron chi connectivity index (χ3n) is 4.60. The minimum Gasteiger partial charge on any atom is -0.334 e. The van der Waals surface area contributed by atoms with E-state index in [-0.39, 0.29) is 29.3 Å². The van der Waals surface area contributed by atoms with Gasteiger partial charge in [0.15, 0.2) is 0 Å². The fourth-order valence-electron chi connectivity index (χ4n) is 3.16. The van der Waals surface area contributed by atoms with E-state index in [0.717, 1.165) is 19.3 Å². The van der Waals surface area contributed by atoms with Gasteiger partial charge in [0.25, 0.3) is 5.91 Å². The van der Waals surface area contributed by atoms with Gasteiger partial charge in [0, 0.05) is 37.8 Å². The van der Waals surface area contributed by atoms with E-state index in [1.54, 1.807) is 12.1 Å². The van der Waals surface area contributed by atoms with Crippen molar-refractivity contribution in [2.24, 2.45) is 5.73 Å². The number of carbonyl (C=O) groups excluding carboxylic acids is 1. The van der Waals surface area contributed by atoms with Crippen molar-refractivity contribution in [1.82, 2.24) is 9.21 Å². The van der Waals surface area contributed by atoms with Crippen molar-refractivity contribution in [3.63, 3.8) is 0 Å². The zero-order valence-corrected chi connectivity index (χ0v) is 16.5. The molecule has 8 heteroatoms. The van der Waals surface area contributed by atoms with E-state index in [9.17, 15) is 13.2 Å². The maximum Gasteiger partial charge on any atom is 0.254 e. The Morgan fingerprint density at radius 3 is 2.32 bits per heavy atom. The predicted molar refractivity (Wildman–Crippen MR) is 102 cm³/mol. The molecule has 2 N–H and O–H groups in total. The Balaban J connectivity index is 0.00000312. The molecule has 6 nitrogen and oxygen atoms in total. The van der Waals surface area contributed by atoms with E-state index in [1.807, 2.05) is 18.7 Å². The van der Waals surface area contributed by atoms with Gasteiger partial charge in [-0.15, -0.1) is 12.4 Å². The minimum atomic E-state index is -3.50. The number of amides is 1. The molecule has 0 saturated carbocycles. The molecule has 142 valence electrons. The third-order valence-corrected chi connectivity index (χ3v) is 6.67. The Kier molecular flexibility index (Phi) is 8.34. The van der Waals surface area contributed by atoms with Gasteiger partial charge in [-0.05, 0) is 43.5 Å². The normalized spacial score (nSPS) is 18.1. The number of hydrogen-bond donors (Lipinski definition) is 1. The van der Waals surface area contributed by atoms with Crippen molar-refractivity contribution in [3.8, 4) is 0 Å². The van der Waals surface area contributed by atoms with Crippen molar-refractivity contribution in [2.75, 3.05) is 26.2 Å². The Bertz CT molecular complexity index is 660. The lowest BCUT2D eigenvalue weighted by Gasteiger charge is -2.35. The summed E-state index contributed by atoms with van der Waals surface area (Å²) >= 11 is 0. The molecule has 1 aromatic rings. The number of hydrogen-bond acceptors (Lipinski definition) is 4. The number of rotatable bonds is 6. The highest BCUT2D eigenvalue weighted by molar-refractivity contribution is 7.89. The van der Waals surface area contributed by atoms with Gasteiger partial charge < -0.3 is 10.6 Å². The molecular formula is C17H28ClN3O3S.